The Morgan fingerprint density at radius 2 is 2.00 bits per heavy atom. The van der Waals surface area contributed by atoms with Gasteiger partial charge in [-0.2, -0.15) is 0 Å². The number of nitrogens with zero attached hydrogens (tertiary/aromatic N) is 3. The molecule has 0 saturated carbocycles. The molecule has 3 N–H and O–H groups in total. The van der Waals surface area contributed by atoms with Gasteiger partial charge in [0.15, 0.2) is 0 Å². The van der Waals surface area contributed by atoms with Gasteiger partial charge in [0, 0.05) is 18.8 Å². The van der Waals surface area contributed by atoms with E-state index >= 15 is 0 Å². The van der Waals surface area contributed by atoms with Gasteiger partial charge in [-0.1, -0.05) is 0 Å². The fraction of sp³-hybridized carbons (Fsp3) is 0.167. The summed E-state index contributed by atoms with van der Waals surface area (Å²) < 4.78 is 0. The van der Waals surface area contributed by atoms with E-state index in [0.29, 0.717) is 17.9 Å². The third-order valence-electron chi connectivity index (χ3n) is 2.49. The molecular formula is C12H12N4O2. The molecule has 0 aliphatic heterocycles. The lowest BCUT2D eigenvalue weighted by molar-refractivity contribution is 0.0696. The van der Waals surface area contributed by atoms with Crippen LogP contribution in [0.15, 0.2) is 24.5 Å². The van der Waals surface area contributed by atoms with Crippen LogP contribution in [0, 0.1) is 6.92 Å². The summed E-state index contributed by atoms with van der Waals surface area (Å²) in [4.78, 5) is 23.0. The van der Waals surface area contributed by atoms with Crippen molar-refractivity contribution in [3.8, 4) is 0 Å². The maximum atomic E-state index is 10.9. The predicted molar refractivity (Wildman–Crippen MR) is 65.2 cm³/mol. The van der Waals surface area contributed by atoms with Crippen molar-refractivity contribution in [1.29, 1.82) is 0 Å². The lowest BCUT2D eigenvalue weighted by Gasteiger charge is -2.07. The molecule has 2 aromatic rings. The SMILES string of the molecule is Cc1nc(Cc2ccncc2)nc(N)c1C(=O)O. The average molecular weight is 244 g/mol. The van der Waals surface area contributed by atoms with Crippen LogP contribution in [0.3, 0.4) is 0 Å². The highest BCUT2D eigenvalue weighted by Gasteiger charge is 2.15. The van der Waals surface area contributed by atoms with Crippen LogP contribution in [-0.2, 0) is 6.42 Å². The molecule has 0 aromatic carbocycles. The molecule has 0 atom stereocenters. The molecule has 0 bridgehead atoms. The highest BCUT2D eigenvalue weighted by molar-refractivity contribution is 5.93. The summed E-state index contributed by atoms with van der Waals surface area (Å²) in [5.41, 5.74) is 6.97. The van der Waals surface area contributed by atoms with Gasteiger partial charge in [0.2, 0.25) is 0 Å². The van der Waals surface area contributed by atoms with Crippen LogP contribution in [-0.4, -0.2) is 26.0 Å². The summed E-state index contributed by atoms with van der Waals surface area (Å²) in [6, 6.07) is 3.69. The number of hydrogen-bond acceptors (Lipinski definition) is 5. The van der Waals surface area contributed by atoms with E-state index < -0.39 is 5.97 Å². The molecule has 0 aliphatic rings. The number of aromatic carboxylic acids is 1. The Kier molecular flexibility index (Phi) is 3.18. The van der Waals surface area contributed by atoms with Crippen molar-refractivity contribution in [2.24, 2.45) is 0 Å². The fourth-order valence-electron chi connectivity index (χ4n) is 1.68. The zero-order chi connectivity index (χ0) is 13.1. The number of pyridine rings is 1. The summed E-state index contributed by atoms with van der Waals surface area (Å²) in [5, 5.41) is 8.96. The molecular weight excluding hydrogens is 232 g/mol. The molecule has 0 saturated heterocycles. The van der Waals surface area contributed by atoms with E-state index in [1.807, 2.05) is 12.1 Å². The minimum atomic E-state index is -1.11. The Labute approximate surface area is 104 Å². The number of nitrogen functional groups attached to an aromatic ring is 1. The maximum Gasteiger partial charge on any atom is 0.341 e. The summed E-state index contributed by atoms with van der Waals surface area (Å²) in [6.45, 7) is 1.61. The zero-order valence-corrected chi connectivity index (χ0v) is 9.79. The van der Waals surface area contributed by atoms with Crippen LogP contribution in [0.2, 0.25) is 0 Å². The number of nitrogens with two attached hydrogens (primary N) is 1. The Morgan fingerprint density at radius 3 is 2.56 bits per heavy atom. The largest absolute Gasteiger partial charge is 0.477 e. The maximum absolute atomic E-state index is 10.9. The van der Waals surface area contributed by atoms with E-state index in [-0.39, 0.29) is 11.4 Å². The van der Waals surface area contributed by atoms with E-state index in [4.69, 9.17) is 10.8 Å². The van der Waals surface area contributed by atoms with Crippen molar-refractivity contribution in [2.75, 3.05) is 5.73 Å². The monoisotopic (exact) mass is 244 g/mol. The Morgan fingerprint density at radius 1 is 1.33 bits per heavy atom. The minimum absolute atomic E-state index is 0.000874. The molecule has 0 amide bonds. The van der Waals surface area contributed by atoms with Gasteiger partial charge in [0.1, 0.15) is 17.2 Å². The number of hydrogen-bond donors (Lipinski definition) is 2. The summed E-state index contributed by atoms with van der Waals surface area (Å²) >= 11 is 0. The molecule has 0 aliphatic carbocycles. The topological polar surface area (TPSA) is 102 Å². The van der Waals surface area contributed by atoms with E-state index in [1.54, 1.807) is 19.3 Å². The second-order valence-electron chi connectivity index (χ2n) is 3.82. The van der Waals surface area contributed by atoms with Crippen LogP contribution in [0.4, 0.5) is 5.82 Å². The lowest BCUT2D eigenvalue weighted by Crippen LogP contribution is -2.12. The smallest absolute Gasteiger partial charge is 0.341 e. The van der Waals surface area contributed by atoms with Gasteiger partial charge < -0.3 is 10.8 Å². The second-order valence-corrected chi connectivity index (χ2v) is 3.82. The number of carbonyl (C=O) groups is 1. The predicted octanol–water partition coefficient (Wildman–Crippen LogP) is 1.05. The number of aromatic nitrogens is 3. The Balaban J connectivity index is 2.34. The van der Waals surface area contributed by atoms with Gasteiger partial charge in [0.05, 0.1) is 5.69 Å². The van der Waals surface area contributed by atoms with Gasteiger partial charge in [-0.3, -0.25) is 4.98 Å². The van der Waals surface area contributed by atoms with Crippen LogP contribution in [0.1, 0.15) is 27.4 Å². The summed E-state index contributed by atoms with van der Waals surface area (Å²) in [5.74, 6) is -0.610. The molecule has 6 nitrogen and oxygen atoms in total. The van der Waals surface area contributed by atoms with Gasteiger partial charge in [0.25, 0.3) is 0 Å². The number of carboxylic acid groups (broad SMARTS) is 1. The third kappa shape index (κ3) is 2.42. The van der Waals surface area contributed by atoms with Crippen molar-refractivity contribution in [3.05, 3.63) is 47.2 Å². The lowest BCUT2D eigenvalue weighted by atomic mass is 10.1. The van der Waals surface area contributed by atoms with Crippen molar-refractivity contribution in [2.45, 2.75) is 13.3 Å². The summed E-state index contributed by atoms with van der Waals surface area (Å²) in [7, 11) is 0. The van der Waals surface area contributed by atoms with Crippen LogP contribution in [0.25, 0.3) is 0 Å². The normalized spacial score (nSPS) is 10.3. The highest BCUT2D eigenvalue weighted by atomic mass is 16.4. The van der Waals surface area contributed by atoms with Crippen molar-refractivity contribution in [1.82, 2.24) is 15.0 Å². The summed E-state index contributed by atoms with van der Waals surface area (Å²) in [6.07, 6.45) is 3.85. The molecule has 2 heterocycles. The number of carboxylic acids is 1. The molecule has 0 spiro atoms. The molecule has 92 valence electrons. The van der Waals surface area contributed by atoms with Gasteiger partial charge in [-0.25, -0.2) is 14.8 Å². The molecule has 2 rings (SSSR count). The van der Waals surface area contributed by atoms with Crippen LogP contribution < -0.4 is 5.73 Å². The minimum Gasteiger partial charge on any atom is -0.477 e. The van der Waals surface area contributed by atoms with Crippen molar-refractivity contribution >= 4 is 11.8 Å². The van der Waals surface area contributed by atoms with E-state index in [9.17, 15) is 4.79 Å². The number of anilines is 1. The van der Waals surface area contributed by atoms with Gasteiger partial charge in [-0.15, -0.1) is 0 Å². The molecule has 6 heteroatoms. The number of rotatable bonds is 3. The van der Waals surface area contributed by atoms with Crippen molar-refractivity contribution < 1.29 is 9.90 Å². The van der Waals surface area contributed by atoms with Crippen LogP contribution in [0.5, 0.6) is 0 Å². The zero-order valence-electron chi connectivity index (χ0n) is 9.79. The van der Waals surface area contributed by atoms with Gasteiger partial charge >= 0.3 is 5.97 Å². The Bertz CT molecular complexity index is 561. The molecule has 2 aromatic heterocycles. The molecule has 18 heavy (non-hydrogen) atoms. The fourth-order valence-corrected chi connectivity index (χ4v) is 1.68. The van der Waals surface area contributed by atoms with E-state index in [0.717, 1.165) is 5.56 Å². The Hall–Kier alpha value is -2.50. The first-order chi connectivity index (χ1) is 8.58. The molecule has 0 radical (unpaired) electrons. The van der Waals surface area contributed by atoms with E-state index in [1.165, 1.54) is 0 Å². The first kappa shape index (κ1) is 12.0. The van der Waals surface area contributed by atoms with Gasteiger partial charge in [-0.05, 0) is 24.6 Å². The number of aryl methyl sites for hydroxylation is 1. The highest BCUT2D eigenvalue weighted by Crippen LogP contribution is 2.14. The first-order valence-corrected chi connectivity index (χ1v) is 5.33. The van der Waals surface area contributed by atoms with Crippen LogP contribution >= 0.6 is 0 Å². The molecule has 0 unspecified atom stereocenters. The average Bonchev–Trinajstić information content (AvgIpc) is 2.28. The first-order valence-electron chi connectivity index (χ1n) is 5.33. The third-order valence-corrected chi connectivity index (χ3v) is 2.49. The second kappa shape index (κ2) is 4.79. The standard InChI is InChI=1S/C12H12N4O2/c1-7-10(12(17)18)11(13)16-9(15-7)6-8-2-4-14-5-3-8/h2-5H,6H2,1H3,(H,17,18)(H2,13,15,16). The quantitative estimate of drug-likeness (QED) is 0.836. The molecule has 0 fully saturated rings. The van der Waals surface area contributed by atoms with E-state index in [2.05, 4.69) is 15.0 Å². The van der Waals surface area contributed by atoms with Crippen molar-refractivity contribution in [3.63, 3.8) is 0 Å².